The number of rotatable bonds is 3. The molecular formula is C23H30N6O5. The second kappa shape index (κ2) is 8.48. The highest BCUT2D eigenvalue weighted by Crippen LogP contribution is 2.36. The molecule has 2 aromatic rings. The Hall–Kier alpha value is -3.31. The lowest BCUT2D eigenvalue weighted by Crippen LogP contribution is -2.57. The molecule has 3 N–H and O–H groups in total. The van der Waals surface area contributed by atoms with Gasteiger partial charge in [0.1, 0.15) is 6.10 Å². The van der Waals surface area contributed by atoms with E-state index in [1.165, 1.54) is 11.1 Å². The third-order valence-electron chi connectivity index (χ3n) is 5.72. The molecule has 1 saturated heterocycles. The van der Waals surface area contributed by atoms with Crippen LogP contribution in [0, 0.1) is 5.41 Å². The van der Waals surface area contributed by atoms with Crippen molar-refractivity contribution in [1.82, 2.24) is 15.0 Å². The summed E-state index contributed by atoms with van der Waals surface area (Å²) in [5, 5.41) is 5.77. The van der Waals surface area contributed by atoms with Crippen molar-refractivity contribution < 1.29 is 19.1 Å². The monoisotopic (exact) mass is 470 g/mol. The average molecular weight is 471 g/mol. The van der Waals surface area contributed by atoms with Crippen LogP contribution in [0.5, 0.6) is 0 Å². The first-order valence-electron chi connectivity index (χ1n) is 11.2. The molecule has 0 spiro atoms. The molecular weight excluding hydrogens is 440 g/mol. The summed E-state index contributed by atoms with van der Waals surface area (Å²) in [6.07, 6.45) is 2.18. The highest BCUT2D eigenvalue weighted by atomic mass is 16.8. The van der Waals surface area contributed by atoms with E-state index in [-0.39, 0.29) is 36.0 Å². The number of hydrogen-bond donors (Lipinski definition) is 3. The molecule has 2 aromatic heterocycles. The van der Waals surface area contributed by atoms with Gasteiger partial charge in [-0.25, -0.2) is 0 Å². The number of fused-ring (bicyclic) bond motifs is 1. The Morgan fingerprint density at radius 1 is 1.26 bits per heavy atom. The third-order valence-corrected chi connectivity index (χ3v) is 5.72. The molecule has 3 atom stereocenters. The summed E-state index contributed by atoms with van der Waals surface area (Å²) in [5.41, 5.74) is -0.901. The summed E-state index contributed by atoms with van der Waals surface area (Å²) < 4.78 is 12.0. The molecule has 0 unspecified atom stereocenters. The first kappa shape index (κ1) is 23.8. The number of ether oxygens (including phenoxy) is 2. The molecule has 2 amide bonds. The summed E-state index contributed by atoms with van der Waals surface area (Å²) in [6.45, 7) is 11.0. The van der Waals surface area contributed by atoms with Crippen LogP contribution in [-0.2, 0) is 14.3 Å². The zero-order chi connectivity index (χ0) is 24.8. The van der Waals surface area contributed by atoms with E-state index in [1.54, 1.807) is 52.9 Å². The smallest absolute Gasteiger partial charge is 0.278 e. The number of aromatic nitrogens is 3. The van der Waals surface area contributed by atoms with E-state index >= 15 is 0 Å². The summed E-state index contributed by atoms with van der Waals surface area (Å²) in [4.78, 5) is 51.7. The number of carbonyl (C=O) groups excluding carboxylic acids is 2. The quantitative estimate of drug-likeness (QED) is 0.620. The number of H-pyrrole nitrogens is 1. The van der Waals surface area contributed by atoms with Crippen molar-refractivity contribution in [3.05, 3.63) is 40.4 Å². The number of aromatic amines is 1. The van der Waals surface area contributed by atoms with E-state index in [0.29, 0.717) is 5.56 Å². The van der Waals surface area contributed by atoms with Gasteiger partial charge in [-0.05, 0) is 32.9 Å². The zero-order valence-electron chi connectivity index (χ0n) is 20.1. The molecule has 0 aromatic carbocycles. The largest absolute Gasteiger partial charge is 0.366 e. The fourth-order valence-corrected chi connectivity index (χ4v) is 4.13. The minimum absolute atomic E-state index is 0.00153. The summed E-state index contributed by atoms with van der Waals surface area (Å²) in [6, 6.07) is 2.72. The van der Waals surface area contributed by atoms with Crippen LogP contribution in [0.1, 0.15) is 51.9 Å². The standard InChI is InChI=1S/C23H30N6O5/c1-12-16(34-23(5,6)33-12)14-11-25-17-15(29(14)19(31)13-8-7-9-24-10-13)18(30)27-21(26-17)28-20(32)22(2,3)4/h7-10,12,14,16H,11H2,1-6H3,(H3,25,26,27,28,30,32)/t12-,14+,16-/m0/s1. The number of hydrogen-bond acceptors (Lipinski definition) is 8. The number of nitrogens with one attached hydrogen (secondary N) is 3. The van der Waals surface area contributed by atoms with Crippen molar-refractivity contribution in [2.75, 3.05) is 22.1 Å². The highest BCUT2D eigenvalue weighted by Gasteiger charge is 2.48. The van der Waals surface area contributed by atoms with Crippen LogP contribution in [0.3, 0.4) is 0 Å². The molecule has 182 valence electrons. The maximum Gasteiger partial charge on any atom is 0.278 e. The molecule has 0 bridgehead atoms. The molecule has 0 aliphatic carbocycles. The second-order valence-electron chi connectivity index (χ2n) is 9.99. The van der Waals surface area contributed by atoms with Crippen molar-refractivity contribution >= 4 is 29.3 Å². The lowest BCUT2D eigenvalue weighted by atomic mass is 9.96. The predicted molar refractivity (Wildman–Crippen MR) is 126 cm³/mol. The van der Waals surface area contributed by atoms with E-state index in [1.807, 2.05) is 6.92 Å². The Morgan fingerprint density at radius 3 is 2.59 bits per heavy atom. The molecule has 11 nitrogen and oxygen atoms in total. The Bertz CT molecular complexity index is 1160. The Kier molecular flexibility index (Phi) is 5.94. The fraction of sp³-hybridized carbons (Fsp3) is 0.522. The summed E-state index contributed by atoms with van der Waals surface area (Å²) in [5.74, 6) is -1.37. The summed E-state index contributed by atoms with van der Waals surface area (Å²) >= 11 is 0. The maximum absolute atomic E-state index is 13.7. The normalized spacial score (nSPS) is 23.7. The highest BCUT2D eigenvalue weighted by molar-refractivity contribution is 6.08. The predicted octanol–water partition coefficient (Wildman–Crippen LogP) is 2.13. The Labute approximate surface area is 197 Å². The fourth-order valence-electron chi connectivity index (χ4n) is 4.13. The Balaban J connectivity index is 1.77. The number of anilines is 3. The van der Waals surface area contributed by atoms with Crippen molar-refractivity contribution in [3.8, 4) is 0 Å². The van der Waals surface area contributed by atoms with Gasteiger partial charge in [-0.15, -0.1) is 0 Å². The first-order chi connectivity index (χ1) is 15.9. The van der Waals surface area contributed by atoms with Crippen LogP contribution in [0.25, 0.3) is 0 Å². The van der Waals surface area contributed by atoms with E-state index in [2.05, 4.69) is 25.6 Å². The number of nitrogens with zero attached hydrogens (tertiary/aromatic N) is 3. The van der Waals surface area contributed by atoms with Gasteiger partial charge in [-0.1, -0.05) is 20.8 Å². The number of pyridine rings is 1. The second-order valence-corrected chi connectivity index (χ2v) is 9.99. The van der Waals surface area contributed by atoms with E-state index in [9.17, 15) is 14.4 Å². The zero-order valence-corrected chi connectivity index (χ0v) is 20.1. The van der Waals surface area contributed by atoms with E-state index in [0.717, 1.165) is 0 Å². The van der Waals surface area contributed by atoms with Gasteiger partial charge in [0.05, 0.1) is 17.7 Å². The maximum atomic E-state index is 13.7. The molecule has 2 aliphatic rings. The molecule has 0 saturated carbocycles. The minimum atomic E-state index is -0.834. The number of amides is 2. The van der Waals surface area contributed by atoms with Crippen molar-refractivity contribution in [2.24, 2.45) is 5.41 Å². The average Bonchev–Trinajstić information content (AvgIpc) is 3.04. The number of carbonyl (C=O) groups is 2. The van der Waals surface area contributed by atoms with Crippen LogP contribution in [0.15, 0.2) is 29.3 Å². The van der Waals surface area contributed by atoms with Crippen LogP contribution in [0.4, 0.5) is 17.5 Å². The molecule has 4 heterocycles. The van der Waals surface area contributed by atoms with Gasteiger partial charge in [-0.3, -0.25) is 34.6 Å². The summed E-state index contributed by atoms with van der Waals surface area (Å²) in [7, 11) is 0. The van der Waals surface area contributed by atoms with Crippen LogP contribution in [0.2, 0.25) is 0 Å². The SMILES string of the molecule is C[C@@H]1OC(C)(C)O[C@@H]1[C@H]1CNc2nc(NC(=O)C(C)(C)C)[nH]c(=O)c2N1C(=O)c1cccnc1. The van der Waals surface area contributed by atoms with Crippen molar-refractivity contribution in [1.29, 1.82) is 0 Å². The van der Waals surface area contributed by atoms with E-state index < -0.39 is 34.8 Å². The molecule has 2 aliphatic heterocycles. The molecule has 4 rings (SSSR count). The van der Waals surface area contributed by atoms with Gasteiger partial charge in [0, 0.05) is 24.4 Å². The van der Waals surface area contributed by atoms with Crippen molar-refractivity contribution in [2.45, 2.75) is 65.6 Å². The topological polar surface area (TPSA) is 139 Å². The van der Waals surface area contributed by atoms with Gasteiger partial charge in [-0.2, -0.15) is 4.98 Å². The lowest BCUT2D eigenvalue weighted by molar-refractivity contribution is -0.146. The molecule has 11 heteroatoms. The Morgan fingerprint density at radius 2 is 2.00 bits per heavy atom. The van der Waals surface area contributed by atoms with Crippen LogP contribution in [-0.4, -0.2) is 57.3 Å². The molecule has 34 heavy (non-hydrogen) atoms. The van der Waals surface area contributed by atoms with Crippen LogP contribution < -0.4 is 21.1 Å². The minimum Gasteiger partial charge on any atom is -0.366 e. The van der Waals surface area contributed by atoms with Gasteiger partial charge in [0.15, 0.2) is 17.3 Å². The van der Waals surface area contributed by atoms with Crippen molar-refractivity contribution in [3.63, 3.8) is 0 Å². The first-order valence-corrected chi connectivity index (χ1v) is 11.2. The van der Waals surface area contributed by atoms with Gasteiger partial charge in [0.2, 0.25) is 11.9 Å². The van der Waals surface area contributed by atoms with E-state index in [4.69, 9.17) is 9.47 Å². The van der Waals surface area contributed by atoms with Crippen LogP contribution >= 0.6 is 0 Å². The molecule has 1 fully saturated rings. The van der Waals surface area contributed by atoms with Gasteiger partial charge in [0.25, 0.3) is 11.5 Å². The van der Waals surface area contributed by atoms with Gasteiger partial charge < -0.3 is 14.8 Å². The lowest BCUT2D eigenvalue weighted by Gasteiger charge is -2.39. The van der Waals surface area contributed by atoms with Gasteiger partial charge >= 0.3 is 0 Å². The molecule has 0 radical (unpaired) electrons. The third kappa shape index (κ3) is 4.53.